The van der Waals surface area contributed by atoms with Gasteiger partial charge < -0.3 is 14.2 Å². The molecule has 2 fully saturated rings. The Morgan fingerprint density at radius 1 is 1.35 bits per heavy atom. The number of carbonyl (C=O) groups is 1. The van der Waals surface area contributed by atoms with Crippen LogP contribution in [0.4, 0.5) is 0 Å². The van der Waals surface area contributed by atoms with Gasteiger partial charge in [-0.25, -0.2) is 0 Å². The average Bonchev–Trinajstić information content (AvgIpc) is 3.12. The Morgan fingerprint density at radius 2 is 2.22 bits per heavy atom. The number of carbonyl (C=O) groups excluding carboxylic acids is 1. The van der Waals surface area contributed by atoms with Gasteiger partial charge in [0.25, 0.3) is 0 Å². The second kappa shape index (κ2) is 5.68. The summed E-state index contributed by atoms with van der Waals surface area (Å²) in [6.07, 6.45) is 3.90. The third kappa shape index (κ3) is 2.69. The van der Waals surface area contributed by atoms with Gasteiger partial charge in [-0.15, -0.1) is 0 Å². The van der Waals surface area contributed by atoms with Gasteiger partial charge in [0, 0.05) is 18.0 Å². The zero-order valence-electron chi connectivity index (χ0n) is 13.1. The van der Waals surface area contributed by atoms with Crippen molar-refractivity contribution < 1.29 is 14.1 Å². The first-order valence-corrected chi connectivity index (χ1v) is 8.05. The summed E-state index contributed by atoms with van der Waals surface area (Å²) in [5.74, 6) is 2.28. The number of rotatable bonds is 4. The molecule has 0 radical (unpaired) electrons. The van der Waals surface area contributed by atoms with E-state index in [0.29, 0.717) is 11.7 Å². The quantitative estimate of drug-likeness (QED) is 0.868. The van der Waals surface area contributed by atoms with E-state index in [9.17, 15) is 4.79 Å². The molecule has 23 heavy (non-hydrogen) atoms. The largest absolute Gasteiger partial charge is 0.497 e. The lowest BCUT2D eigenvalue weighted by Gasteiger charge is -2.21. The van der Waals surface area contributed by atoms with Crippen molar-refractivity contribution in [2.24, 2.45) is 5.92 Å². The molecule has 1 aliphatic heterocycles. The molecule has 1 aromatic heterocycles. The number of aromatic nitrogens is 2. The first-order valence-electron chi connectivity index (χ1n) is 8.05. The van der Waals surface area contributed by atoms with Crippen LogP contribution in [0.15, 0.2) is 28.8 Å². The van der Waals surface area contributed by atoms with Gasteiger partial charge >= 0.3 is 0 Å². The lowest BCUT2D eigenvalue weighted by molar-refractivity contribution is -0.133. The van der Waals surface area contributed by atoms with E-state index in [-0.39, 0.29) is 17.9 Å². The number of nitrogens with zero attached hydrogens (tertiary/aromatic N) is 3. The molecule has 1 saturated carbocycles. The zero-order chi connectivity index (χ0) is 15.8. The Balaban J connectivity index is 1.58. The summed E-state index contributed by atoms with van der Waals surface area (Å²) in [5.41, 5.74) is 0.845. The smallest absolute Gasteiger partial charge is 0.249 e. The summed E-state index contributed by atoms with van der Waals surface area (Å²) in [7, 11) is 1.63. The van der Waals surface area contributed by atoms with Gasteiger partial charge in [-0.3, -0.25) is 4.79 Å². The van der Waals surface area contributed by atoms with E-state index in [2.05, 4.69) is 10.1 Å². The van der Waals surface area contributed by atoms with E-state index < -0.39 is 0 Å². The number of hydrogen-bond donors (Lipinski definition) is 0. The normalized spacial score (nSPS) is 20.7. The van der Waals surface area contributed by atoms with Crippen molar-refractivity contribution in [3.05, 3.63) is 30.2 Å². The minimum Gasteiger partial charge on any atom is -0.497 e. The molecule has 2 aliphatic rings. The lowest BCUT2D eigenvalue weighted by Crippen LogP contribution is -2.31. The van der Waals surface area contributed by atoms with Crippen LogP contribution in [-0.4, -0.2) is 34.6 Å². The maximum absolute atomic E-state index is 12.4. The minimum absolute atomic E-state index is 0.0741. The number of benzene rings is 1. The van der Waals surface area contributed by atoms with Crippen molar-refractivity contribution in [3.8, 4) is 17.1 Å². The molecule has 0 unspecified atom stereocenters. The lowest BCUT2D eigenvalue weighted by atomic mass is 10.2. The molecule has 1 saturated heterocycles. The fourth-order valence-electron chi connectivity index (χ4n) is 3.10. The third-order valence-electron chi connectivity index (χ3n) is 4.52. The zero-order valence-corrected chi connectivity index (χ0v) is 13.1. The van der Waals surface area contributed by atoms with E-state index in [1.54, 1.807) is 7.11 Å². The van der Waals surface area contributed by atoms with Gasteiger partial charge in [0.05, 0.1) is 7.11 Å². The van der Waals surface area contributed by atoms with Gasteiger partial charge in [-0.2, -0.15) is 4.98 Å². The van der Waals surface area contributed by atoms with Crippen LogP contribution < -0.4 is 4.74 Å². The molecule has 1 amide bonds. The van der Waals surface area contributed by atoms with Crippen LogP contribution in [0.3, 0.4) is 0 Å². The maximum atomic E-state index is 12.4. The van der Waals surface area contributed by atoms with Crippen LogP contribution in [0.1, 0.15) is 37.6 Å². The van der Waals surface area contributed by atoms with Crippen molar-refractivity contribution in [2.75, 3.05) is 13.7 Å². The second-order valence-corrected chi connectivity index (χ2v) is 6.15. The minimum atomic E-state index is -0.0741. The molecule has 120 valence electrons. The fourth-order valence-corrected chi connectivity index (χ4v) is 3.10. The Kier molecular flexibility index (Phi) is 3.52. The predicted octanol–water partition coefficient (Wildman–Crippen LogP) is 2.82. The summed E-state index contributed by atoms with van der Waals surface area (Å²) in [6, 6.07) is 7.48. The standard InChI is InChI=1S/C17H19N3O3/c1-22-13-5-2-4-12(10-13)15-18-16(23-19-15)14-6-3-9-20(14)17(21)11-7-8-11/h2,4-5,10-11,14H,3,6-9H2,1H3/t14-/m1/s1. The van der Waals surface area contributed by atoms with E-state index in [1.165, 1.54) is 0 Å². The molecule has 1 aliphatic carbocycles. The molecule has 2 heterocycles. The molecule has 4 rings (SSSR count). The van der Waals surface area contributed by atoms with Crippen molar-refractivity contribution in [1.82, 2.24) is 15.0 Å². The molecule has 2 aromatic rings. The Labute approximate surface area is 134 Å². The molecular weight excluding hydrogens is 294 g/mol. The number of amides is 1. The molecule has 0 spiro atoms. The molecule has 0 bridgehead atoms. The highest BCUT2D eigenvalue weighted by Crippen LogP contribution is 2.38. The monoisotopic (exact) mass is 313 g/mol. The summed E-state index contributed by atoms with van der Waals surface area (Å²) in [4.78, 5) is 18.8. The van der Waals surface area contributed by atoms with Crippen LogP contribution in [0.2, 0.25) is 0 Å². The van der Waals surface area contributed by atoms with Gasteiger partial charge in [-0.1, -0.05) is 17.3 Å². The molecule has 1 aromatic carbocycles. The van der Waals surface area contributed by atoms with Crippen LogP contribution >= 0.6 is 0 Å². The molecule has 6 heteroatoms. The highest BCUT2D eigenvalue weighted by Gasteiger charge is 2.40. The summed E-state index contributed by atoms with van der Waals surface area (Å²) in [6.45, 7) is 0.789. The van der Waals surface area contributed by atoms with Gasteiger partial charge in [-0.05, 0) is 37.8 Å². The van der Waals surface area contributed by atoms with Crippen molar-refractivity contribution in [3.63, 3.8) is 0 Å². The Bertz CT molecular complexity index is 723. The Hall–Kier alpha value is -2.37. The summed E-state index contributed by atoms with van der Waals surface area (Å²) >= 11 is 0. The van der Waals surface area contributed by atoms with Crippen LogP contribution in [0.5, 0.6) is 5.75 Å². The number of hydrogen-bond acceptors (Lipinski definition) is 5. The average molecular weight is 313 g/mol. The molecular formula is C17H19N3O3. The van der Waals surface area contributed by atoms with E-state index in [0.717, 1.165) is 43.5 Å². The van der Waals surface area contributed by atoms with Gasteiger partial charge in [0.1, 0.15) is 11.8 Å². The van der Waals surface area contributed by atoms with E-state index >= 15 is 0 Å². The maximum Gasteiger partial charge on any atom is 0.249 e. The number of likely N-dealkylation sites (tertiary alicyclic amines) is 1. The molecule has 1 atom stereocenters. The van der Waals surface area contributed by atoms with E-state index in [4.69, 9.17) is 9.26 Å². The van der Waals surface area contributed by atoms with Crippen molar-refractivity contribution in [2.45, 2.75) is 31.7 Å². The van der Waals surface area contributed by atoms with Crippen LogP contribution in [0, 0.1) is 5.92 Å². The molecule has 0 N–H and O–H groups in total. The SMILES string of the molecule is COc1cccc(-c2noc([C@H]3CCCN3C(=O)C3CC3)n2)c1. The fraction of sp³-hybridized carbons (Fsp3) is 0.471. The highest BCUT2D eigenvalue weighted by atomic mass is 16.5. The van der Waals surface area contributed by atoms with Crippen molar-refractivity contribution in [1.29, 1.82) is 0 Å². The van der Waals surface area contributed by atoms with E-state index in [1.807, 2.05) is 29.2 Å². The molecule has 6 nitrogen and oxygen atoms in total. The predicted molar refractivity (Wildman–Crippen MR) is 82.7 cm³/mol. The van der Waals surface area contributed by atoms with Gasteiger partial charge in [0.2, 0.25) is 17.6 Å². The summed E-state index contributed by atoms with van der Waals surface area (Å²) in [5, 5.41) is 4.08. The highest BCUT2D eigenvalue weighted by molar-refractivity contribution is 5.81. The summed E-state index contributed by atoms with van der Waals surface area (Å²) < 4.78 is 10.7. The van der Waals surface area contributed by atoms with Crippen LogP contribution in [0.25, 0.3) is 11.4 Å². The van der Waals surface area contributed by atoms with Crippen molar-refractivity contribution >= 4 is 5.91 Å². The Morgan fingerprint density at radius 3 is 3.00 bits per heavy atom. The first-order chi connectivity index (χ1) is 11.3. The topological polar surface area (TPSA) is 68.5 Å². The van der Waals surface area contributed by atoms with Crippen LogP contribution in [-0.2, 0) is 4.79 Å². The van der Waals surface area contributed by atoms with Gasteiger partial charge in [0.15, 0.2) is 0 Å². The number of methoxy groups -OCH3 is 1. The third-order valence-corrected chi connectivity index (χ3v) is 4.52. The number of ether oxygens (including phenoxy) is 1. The second-order valence-electron chi connectivity index (χ2n) is 6.15. The first kappa shape index (κ1) is 14.2.